The summed E-state index contributed by atoms with van der Waals surface area (Å²) in [6.45, 7) is 0.710. The number of ether oxygens (including phenoxy) is 2. The summed E-state index contributed by atoms with van der Waals surface area (Å²) in [5.41, 5.74) is 0.444. The van der Waals surface area contributed by atoms with Gasteiger partial charge >= 0.3 is 0 Å². The maximum absolute atomic E-state index is 12.0. The summed E-state index contributed by atoms with van der Waals surface area (Å²) in [7, 11) is 1.60. The highest BCUT2D eigenvalue weighted by atomic mass is 35.5. The third-order valence-electron chi connectivity index (χ3n) is 3.51. The maximum Gasteiger partial charge on any atom is 0.220 e. The quantitative estimate of drug-likeness (QED) is 0.548. The zero-order chi connectivity index (χ0) is 18.1. The summed E-state index contributed by atoms with van der Waals surface area (Å²) in [5.74, 6) is 1.11. The van der Waals surface area contributed by atoms with E-state index >= 15 is 0 Å². The molecule has 1 amide bonds. The molecule has 0 saturated carbocycles. The number of methoxy groups -OCH3 is 1. The van der Waals surface area contributed by atoms with Crippen LogP contribution >= 0.6 is 11.6 Å². The number of benzene rings is 2. The molecule has 0 aromatic heterocycles. The number of ketones is 1. The van der Waals surface area contributed by atoms with Crippen LogP contribution in [0.2, 0.25) is 5.02 Å². The second kappa shape index (κ2) is 9.69. The summed E-state index contributed by atoms with van der Waals surface area (Å²) in [4.78, 5) is 23.8. The molecule has 0 aliphatic heterocycles. The molecule has 132 valence electrons. The van der Waals surface area contributed by atoms with Crippen molar-refractivity contribution < 1.29 is 19.1 Å². The molecule has 0 fully saturated rings. The standard InChI is InChI=1S/C19H20ClNO4/c1-24-14-6-8-15(9-7-14)25-13-12-21-19(23)11-10-18(22)16-4-2-3-5-17(16)20/h2-9H,10-13H2,1H3,(H,21,23). The van der Waals surface area contributed by atoms with Gasteiger partial charge in [0.15, 0.2) is 5.78 Å². The van der Waals surface area contributed by atoms with Gasteiger partial charge in [0.2, 0.25) is 5.91 Å². The molecule has 0 atom stereocenters. The molecule has 2 aromatic carbocycles. The Labute approximate surface area is 151 Å². The second-order valence-electron chi connectivity index (χ2n) is 5.28. The minimum Gasteiger partial charge on any atom is -0.497 e. The van der Waals surface area contributed by atoms with E-state index in [0.717, 1.165) is 5.75 Å². The fourth-order valence-corrected chi connectivity index (χ4v) is 2.41. The minimum atomic E-state index is -0.196. The Balaban J connectivity index is 1.65. The monoisotopic (exact) mass is 361 g/mol. The summed E-state index contributed by atoms with van der Waals surface area (Å²) in [5, 5.41) is 3.13. The zero-order valence-corrected chi connectivity index (χ0v) is 14.7. The molecule has 1 N–H and O–H groups in total. The van der Waals surface area contributed by atoms with Crippen LogP contribution in [0.1, 0.15) is 23.2 Å². The van der Waals surface area contributed by atoms with Crippen LogP contribution in [0.25, 0.3) is 0 Å². The van der Waals surface area contributed by atoms with Crippen LogP contribution in [0.3, 0.4) is 0 Å². The van der Waals surface area contributed by atoms with E-state index in [-0.39, 0.29) is 24.5 Å². The number of hydrogen-bond donors (Lipinski definition) is 1. The molecule has 6 heteroatoms. The molecular formula is C19H20ClNO4. The van der Waals surface area contributed by atoms with Crippen LogP contribution in [-0.2, 0) is 4.79 Å². The first-order chi connectivity index (χ1) is 12.1. The van der Waals surface area contributed by atoms with Crippen LogP contribution in [-0.4, -0.2) is 32.0 Å². The summed E-state index contributed by atoms with van der Waals surface area (Å²) in [6, 6.07) is 14.0. The Bertz CT molecular complexity index is 716. The number of carbonyl (C=O) groups excluding carboxylic acids is 2. The number of nitrogens with one attached hydrogen (secondary N) is 1. The van der Waals surface area contributed by atoms with Gasteiger partial charge in [-0.3, -0.25) is 9.59 Å². The van der Waals surface area contributed by atoms with E-state index in [4.69, 9.17) is 21.1 Å². The summed E-state index contributed by atoms with van der Waals surface area (Å²) < 4.78 is 10.6. The molecule has 5 nitrogen and oxygen atoms in total. The van der Waals surface area contributed by atoms with Crippen LogP contribution in [0.15, 0.2) is 48.5 Å². The summed E-state index contributed by atoms with van der Waals surface area (Å²) >= 11 is 5.97. The Hall–Kier alpha value is -2.53. The van der Waals surface area contributed by atoms with Crippen molar-refractivity contribution in [3.05, 3.63) is 59.1 Å². The third-order valence-corrected chi connectivity index (χ3v) is 3.84. The van der Waals surface area contributed by atoms with Gasteiger partial charge in [-0.1, -0.05) is 23.7 Å². The molecular weight excluding hydrogens is 342 g/mol. The van der Waals surface area contributed by atoms with Gasteiger partial charge in [0.1, 0.15) is 18.1 Å². The topological polar surface area (TPSA) is 64.6 Å². The van der Waals surface area contributed by atoms with Gasteiger partial charge in [-0.15, -0.1) is 0 Å². The lowest BCUT2D eigenvalue weighted by atomic mass is 10.1. The van der Waals surface area contributed by atoms with Gasteiger partial charge in [-0.25, -0.2) is 0 Å². The van der Waals surface area contributed by atoms with E-state index < -0.39 is 0 Å². The highest BCUT2D eigenvalue weighted by Gasteiger charge is 2.11. The van der Waals surface area contributed by atoms with Crippen molar-refractivity contribution in [1.29, 1.82) is 0 Å². The fourth-order valence-electron chi connectivity index (χ4n) is 2.17. The van der Waals surface area contributed by atoms with Crippen molar-refractivity contribution in [2.75, 3.05) is 20.3 Å². The first-order valence-corrected chi connectivity index (χ1v) is 8.29. The Morgan fingerprint density at radius 1 is 1.00 bits per heavy atom. The molecule has 0 unspecified atom stereocenters. The van der Waals surface area contributed by atoms with Gasteiger partial charge < -0.3 is 14.8 Å². The highest BCUT2D eigenvalue weighted by molar-refractivity contribution is 6.34. The largest absolute Gasteiger partial charge is 0.497 e. The van der Waals surface area contributed by atoms with Crippen molar-refractivity contribution in [2.45, 2.75) is 12.8 Å². The Morgan fingerprint density at radius 3 is 2.36 bits per heavy atom. The lowest BCUT2D eigenvalue weighted by Crippen LogP contribution is -2.28. The first-order valence-electron chi connectivity index (χ1n) is 7.91. The van der Waals surface area contributed by atoms with Crippen LogP contribution in [0, 0.1) is 0 Å². The van der Waals surface area contributed by atoms with Gasteiger partial charge in [0, 0.05) is 18.4 Å². The molecule has 2 aromatic rings. The van der Waals surface area contributed by atoms with Crippen molar-refractivity contribution in [3.63, 3.8) is 0 Å². The van der Waals surface area contributed by atoms with Gasteiger partial charge in [0.05, 0.1) is 18.7 Å². The SMILES string of the molecule is COc1ccc(OCCNC(=O)CCC(=O)c2ccccc2Cl)cc1. The van der Waals surface area contributed by atoms with E-state index in [0.29, 0.717) is 29.5 Å². The second-order valence-corrected chi connectivity index (χ2v) is 5.68. The number of halogens is 1. The molecule has 0 aliphatic rings. The highest BCUT2D eigenvalue weighted by Crippen LogP contribution is 2.18. The normalized spacial score (nSPS) is 10.2. The maximum atomic E-state index is 12.0. The van der Waals surface area contributed by atoms with Gasteiger partial charge in [-0.2, -0.15) is 0 Å². The fraction of sp³-hybridized carbons (Fsp3) is 0.263. The van der Waals surface area contributed by atoms with Crippen molar-refractivity contribution >= 4 is 23.3 Å². The molecule has 0 saturated heterocycles. The molecule has 0 bridgehead atoms. The van der Waals surface area contributed by atoms with Crippen molar-refractivity contribution in [3.8, 4) is 11.5 Å². The summed E-state index contributed by atoms with van der Waals surface area (Å²) in [6.07, 6.45) is 0.238. The zero-order valence-electron chi connectivity index (χ0n) is 14.0. The smallest absolute Gasteiger partial charge is 0.220 e. The van der Waals surface area contributed by atoms with Crippen molar-refractivity contribution in [2.24, 2.45) is 0 Å². The van der Waals surface area contributed by atoms with Crippen LogP contribution in [0.5, 0.6) is 11.5 Å². The first kappa shape index (κ1) is 18.8. The van der Waals surface area contributed by atoms with Gasteiger partial charge in [-0.05, 0) is 36.4 Å². The Kier molecular flexibility index (Phi) is 7.29. The predicted molar refractivity (Wildman–Crippen MR) is 96.5 cm³/mol. The van der Waals surface area contributed by atoms with Crippen LogP contribution < -0.4 is 14.8 Å². The van der Waals surface area contributed by atoms with Crippen LogP contribution in [0.4, 0.5) is 0 Å². The lowest BCUT2D eigenvalue weighted by Gasteiger charge is -2.08. The molecule has 0 heterocycles. The average Bonchev–Trinajstić information content (AvgIpc) is 2.64. The lowest BCUT2D eigenvalue weighted by molar-refractivity contribution is -0.121. The Morgan fingerprint density at radius 2 is 1.68 bits per heavy atom. The molecule has 25 heavy (non-hydrogen) atoms. The number of hydrogen-bond acceptors (Lipinski definition) is 4. The number of rotatable bonds is 9. The molecule has 2 rings (SSSR count). The van der Waals surface area contributed by atoms with Gasteiger partial charge in [0.25, 0.3) is 0 Å². The number of amides is 1. The molecule has 0 aliphatic carbocycles. The predicted octanol–water partition coefficient (Wildman–Crippen LogP) is 3.51. The van der Waals surface area contributed by atoms with E-state index in [1.165, 1.54) is 0 Å². The van der Waals surface area contributed by atoms with E-state index in [1.54, 1.807) is 55.6 Å². The number of carbonyl (C=O) groups is 2. The van der Waals surface area contributed by atoms with Crippen molar-refractivity contribution in [1.82, 2.24) is 5.32 Å². The number of Topliss-reactive ketones (excluding diaryl/α,β-unsaturated/α-hetero) is 1. The van der Waals surface area contributed by atoms with E-state index in [1.807, 2.05) is 0 Å². The van der Waals surface area contributed by atoms with E-state index in [9.17, 15) is 9.59 Å². The molecule has 0 spiro atoms. The molecule has 0 radical (unpaired) electrons. The minimum absolute atomic E-state index is 0.118. The average molecular weight is 362 g/mol. The van der Waals surface area contributed by atoms with E-state index in [2.05, 4.69) is 5.32 Å². The third kappa shape index (κ3) is 6.12.